The monoisotopic (exact) mass is 450 g/mol. The van der Waals surface area contributed by atoms with Gasteiger partial charge in [0.2, 0.25) is 5.91 Å². The van der Waals surface area contributed by atoms with Crippen molar-refractivity contribution < 1.29 is 9.53 Å². The molecule has 0 bridgehead atoms. The highest BCUT2D eigenvalue weighted by Crippen LogP contribution is 2.24. The quantitative estimate of drug-likeness (QED) is 0.323. The van der Waals surface area contributed by atoms with E-state index in [-0.39, 0.29) is 11.8 Å². The first-order valence-corrected chi connectivity index (χ1v) is 11.6. The lowest BCUT2D eigenvalue weighted by Gasteiger charge is -2.16. The van der Waals surface area contributed by atoms with Crippen LogP contribution in [0.1, 0.15) is 40.7 Å². The highest BCUT2D eigenvalue weighted by atomic mass is 16.5. The van der Waals surface area contributed by atoms with Crippen LogP contribution >= 0.6 is 0 Å². The molecule has 0 spiro atoms. The summed E-state index contributed by atoms with van der Waals surface area (Å²) in [5.41, 5.74) is 6.63. The van der Waals surface area contributed by atoms with Gasteiger partial charge in [-0.15, -0.1) is 0 Å². The summed E-state index contributed by atoms with van der Waals surface area (Å²) in [6, 6.07) is 28.1. The van der Waals surface area contributed by atoms with Crippen LogP contribution in [0.4, 0.5) is 5.69 Å². The Morgan fingerprint density at radius 3 is 2.29 bits per heavy atom. The van der Waals surface area contributed by atoms with Crippen LogP contribution in [-0.2, 0) is 17.6 Å². The number of rotatable bonds is 9. The van der Waals surface area contributed by atoms with Crippen LogP contribution in [0.3, 0.4) is 0 Å². The van der Waals surface area contributed by atoms with Gasteiger partial charge in [-0.05, 0) is 78.4 Å². The van der Waals surface area contributed by atoms with Crippen molar-refractivity contribution in [1.82, 2.24) is 4.98 Å². The number of hydrogen-bond acceptors (Lipinski definition) is 3. The van der Waals surface area contributed by atoms with Gasteiger partial charge in [0.15, 0.2) is 0 Å². The van der Waals surface area contributed by atoms with Crippen molar-refractivity contribution in [2.45, 2.75) is 32.6 Å². The Kier molecular flexibility index (Phi) is 7.71. The van der Waals surface area contributed by atoms with Gasteiger partial charge in [0.25, 0.3) is 0 Å². The Labute approximate surface area is 201 Å². The molecule has 0 aliphatic carbocycles. The van der Waals surface area contributed by atoms with Gasteiger partial charge in [-0.2, -0.15) is 0 Å². The topological polar surface area (TPSA) is 51.2 Å². The van der Waals surface area contributed by atoms with Crippen LogP contribution in [0, 0.1) is 6.92 Å². The number of amides is 1. The van der Waals surface area contributed by atoms with Gasteiger partial charge in [-0.1, -0.05) is 54.6 Å². The minimum absolute atomic E-state index is 0.0245. The molecule has 1 amide bonds. The first kappa shape index (κ1) is 23.2. The zero-order valence-corrected chi connectivity index (χ0v) is 19.7. The number of carbonyl (C=O) groups is 1. The number of carbonyl (C=O) groups excluding carboxylic acids is 1. The molecule has 1 heterocycles. The molecule has 1 unspecified atom stereocenters. The van der Waals surface area contributed by atoms with E-state index in [1.807, 2.05) is 67.6 Å². The van der Waals surface area contributed by atoms with E-state index >= 15 is 0 Å². The minimum Gasteiger partial charge on any atom is -0.493 e. The lowest BCUT2D eigenvalue weighted by Crippen LogP contribution is -2.19. The van der Waals surface area contributed by atoms with Gasteiger partial charge in [0.05, 0.1) is 12.5 Å². The molecule has 1 N–H and O–H groups in total. The fourth-order valence-electron chi connectivity index (χ4n) is 3.89. The molecule has 3 aromatic carbocycles. The van der Waals surface area contributed by atoms with E-state index in [1.54, 1.807) is 12.4 Å². The molecule has 4 heteroatoms. The maximum absolute atomic E-state index is 13.1. The molecule has 172 valence electrons. The normalized spacial score (nSPS) is 11.6. The lowest BCUT2D eigenvalue weighted by atomic mass is 9.98. The Hall–Kier alpha value is -3.92. The predicted octanol–water partition coefficient (Wildman–Crippen LogP) is 6.34. The van der Waals surface area contributed by atoms with Crippen molar-refractivity contribution in [1.29, 1.82) is 0 Å². The van der Waals surface area contributed by atoms with Crippen molar-refractivity contribution in [3.8, 4) is 5.75 Å². The second-order valence-electron chi connectivity index (χ2n) is 8.49. The third kappa shape index (κ3) is 6.10. The maximum atomic E-state index is 13.1. The Bertz CT molecular complexity index is 1220. The van der Waals surface area contributed by atoms with E-state index in [1.165, 1.54) is 16.7 Å². The molecule has 4 nitrogen and oxygen atoms in total. The van der Waals surface area contributed by atoms with Crippen molar-refractivity contribution in [3.05, 3.63) is 125 Å². The van der Waals surface area contributed by atoms with Crippen LogP contribution in [0.5, 0.6) is 5.75 Å². The number of benzene rings is 3. The summed E-state index contributed by atoms with van der Waals surface area (Å²) in [6.45, 7) is 4.64. The molecule has 34 heavy (non-hydrogen) atoms. The number of aromatic nitrogens is 1. The van der Waals surface area contributed by atoms with Gasteiger partial charge < -0.3 is 10.1 Å². The fraction of sp³-hybridized carbons (Fsp3) is 0.200. The molecule has 1 aromatic heterocycles. The Morgan fingerprint density at radius 2 is 1.56 bits per heavy atom. The Balaban J connectivity index is 1.36. The molecular weight excluding hydrogens is 420 g/mol. The van der Waals surface area contributed by atoms with Gasteiger partial charge >= 0.3 is 0 Å². The zero-order valence-electron chi connectivity index (χ0n) is 19.7. The molecule has 4 rings (SSSR count). The van der Waals surface area contributed by atoms with Gasteiger partial charge in [0.1, 0.15) is 5.75 Å². The fourth-order valence-corrected chi connectivity index (χ4v) is 3.89. The number of anilines is 1. The van der Waals surface area contributed by atoms with Crippen molar-refractivity contribution in [3.63, 3.8) is 0 Å². The third-order valence-corrected chi connectivity index (χ3v) is 6.10. The lowest BCUT2D eigenvalue weighted by molar-refractivity contribution is -0.117. The third-order valence-electron chi connectivity index (χ3n) is 6.10. The summed E-state index contributed by atoms with van der Waals surface area (Å²) in [5.74, 6) is 0.495. The second-order valence-corrected chi connectivity index (χ2v) is 8.49. The highest BCUT2D eigenvalue weighted by Gasteiger charge is 2.17. The van der Waals surface area contributed by atoms with Gasteiger partial charge in [0, 0.05) is 24.5 Å². The minimum atomic E-state index is -0.280. The van der Waals surface area contributed by atoms with E-state index in [2.05, 4.69) is 41.5 Å². The number of nitrogens with one attached hydrogen (secondary N) is 1. The van der Waals surface area contributed by atoms with E-state index in [9.17, 15) is 4.79 Å². The first-order valence-electron chi connectivity index (χ1n) is 11.6. The zero-order chi connectivity index (χ0) is 23.8. The van der Waals surface area contributed by atoms with E-state index in [0.717, 1.165) is 35.4 Å². The number of aryl methyl sites for hydroxylation is 1. The van der Waals surface area contributed by atoms with Crippen molar-refractivity contribution in [2.75, 3.05) is 11.9 Å². The summed E-state index contributed by atoms with van der Waals surface area (Å²) in [6.07, 6.45) is 5.18. The van der Waals surface area contributed by atoms with Crippen molar-refractivity contribution >= 4 is 11.6 Å². The molecule has 0 fully saturated rings. The molecule has 0 aliphatic rings. The summed E-state index contributed by atoms with van der Waals surface area (Å²) in [5, 5.41) is 3.14. The molecular formula is C30H30N2O2. The summed E-state index contributed by atoms with van der Waals surface area (Å²) < 4.78 is 5.86. The van der Waals surface area contributed by atoms with Crippen LogP contribution in [0.15, 0.2) is 97.3 Å². The number of hydrogen-bond donors (Lipinski definition) is 1. The molecule has 0 radical (unpaired) electrons. The summed E-state index contributed by atoms with van der Waals surface area (Å²) in [7, 11) is 0. The maximum Gasteiger partial charge on any atom is 0.231 e. The largest absolute Gasteiger partial charge is 0.493 e. The van der Waals surface area contributed by atoms with E-state index < -0.39 is 0 Å². The number of para-hydroxylation sites is 1. The molecule has 1 atom stereocenters. The molecule has 4 aromatic rings. The summed E-state index contributed by atoms with van der Waals surface area (Å²) in [4.78, 5) is 17.1. The molecule has 0 saturated carbocycles. The molecule has 0 aliphatic heterocycles. The summed E-state index contributed by atoms with van der Waals surface area (Å²) >= 11 is 0. The smallest absolute Gasteiger partial charge is 0.231 e. The highest BCUT2D eigenvalue weighted by molar-refractivity contribution is 5.96. The number of ether oxygens (including phenoxy) is 1. The molecule has 0 saturated heterocycles. The average molecular weight is 451 g/mol. The second kappa shape index (κ2) is 11.3. The van der Waals surface area contributed by atoms with Crippen LogP contribution < -0.4 is 10.1 Å². The Morgan fingerprint density at radius 1 is 0.882 bits per heavy atom. The van der Waals surface area contributed by atoms with E-state index in [0.29, 0.717) is 6.61 Å². The van der Waals surface area contributed by atoms with Crippen LogP contribution in [0.25, 0.3) is 0 Å². The van der Waals surface area contributed by atoms with E-state index in [4.69, 9.17) is 4.74 Å². The van der Waals surface area contributed by atoms with Crippen molar-refractivity contribution in [2.24, 2.45) is 0 Å². The van der Waals surface area contributed by atoms with Crippen LogP contribution in [-0.4, -0.2) is 17.5 Å². The van der Waals surface area contributed by atoms with Gasteiger partial charge in [-0.3, -0.25) is 9.78 Å². The first-order chi connectivity index (χ1) is 16.6. The number of pyridine rings is 1. The predicted molar refractivity (Wildman–Crippen MR) is 137 cm³/mol. The number of nitrogens with zero attached hydrogens (tertiary/aromatic N) is 1. The van der Waals surface area contributed by atoms with Gasteiger partial charge in [-0.25, -0.2) is 0 Å². The standard InChI is InChI=1S/C30H30N2O2/c1-22-7-3-4-8-26(22)21-27-9-5-6-10-29(27)32-30(33)23(2)25-11-13-28(14-12-25)34-20-17-24-15-18-31-19-16-24/h3-16,18-19,23H,17,20-21H2,1-2H3,(H,32,33). The van der Waals surface area contributed by atoms with Crippen LogP contribution in [0.2, 0.25) is 0 Å². The average Bonchev–Trinajstić information content (AvgIpc) is 2.87. The SMILES string of the molecule is Cc1ccccc1Cc1ccccc1NC(=O)C(C)c1ccc(OCCc2ccncc2)cc1.